The zero-order valence-corrected chi connectivity index (χ0v) is 12.0. The number of thioether (sulfide) groups is 1. The molecular weight excluding hydrogens is 240 g/mol. The molecule has 0 saturated heterocycles. The molecule has 18 heavy (non-hydrogen) atoms. The summed E-state index contributed by atoms with van der Waals surface area (Å²) < 4.78 is 2.55. The molecule has 1 aliphatic heterocycles. The van der Waals surface area contributed by atoms with E-state index >= 15 is 0 Å². The van der Waals surface area contributed by atoms with Gasteiger partial charge in [-0.15, -0.1) is 0 Å². The molecule has 0 bridgehead atoms. The van der Waals surface area contributed by atoms with Crippen LogP contribution in [0.4, 0.5) is 0 Å². The third-order valence-corrected chi connectivity index (χ3v) is 4.68. The van der Waals surface area contributed by atoms with Crippen molar-refractivity contribution in [3.8, 4) is 0 Å². The largest absolute Gasteiger partial charge is 0.343 e. The van der Waals surface area contributed by atoms with E-state index in [2.05, 4.69) is 59.6 Å². The van der Waals surface area contributed by atoms with Crippen LogP contribution in [-0.2, 0) is 18.7 Å². The first-order valence-corrected chi connectivity index (χ1v) is 7.74. The van der Waals surface area contributed by atoms with Crippen molar-refractivity contribution in [1.29, 1.82) is 0 Å². The van der Waals surface area contributed by atoms with Gasteiger partial charge in [-0.05, 0) is 37.9 Å². The molecule has 0 radical (unpaired) electrons. The molecule has 1 aliphatic rings. The summed E-state index contributed by atoms with van der Waals surface area (Å²) in [4.78, 5) is 2.26. The van der Waals surface area contributed by atoms with Crippen molar-refractivity contribution in [3.63, 3.8) is 0 Å². The van der Waals surface area contributed by atoms with Gasteiger partial charge < -0.3 is 9.47 Å². The quantitative estimate of drug-likeness (QED) is 0.838. The first kappa shape index (κ1) is 12.1. The first-order chi connectivity index (χ1) is 8.77. The Balaban J connectivity index is 2.10. The van der Waals surface area contributed by atoms with Crippen LogP contribution in [0.15, 0.2) is 24.3 Å². The Kier molecular flexibility index (Phi) is 3.35. The molecule has 0 spiro atoms. The highest BCUT2D eigenvalue weighted by Crippen LogP contribution is 2.33. The number of fused-ring (bicyclic) bond motifs is 3. The van der Waals surface area contributed by atoms with Gasteiger partial charge in [0.25, 0.3) is 0 Å². The Hall–Kier alpha value is -0.930. The molecule has 3 rings (SSSR count). The predicted octanol–water partition coefficient (Wildman–Crippen LogP) is 2.99. The lowest BCUT2D eigenvalue weighted by atomic mass is 10.1. The minimum absolute atomic E-state index is 1.10. The van der Waals surface area contributed by atoms with Crippen LogP contribution in [0, 0.1) is 0 Å². The van der Waals surface area contributed by atoms with E-state index in [9.17, 15) is 0 Å². The number of benzene rings is 1. The van der Waals surface area contributed by atoms with Gasteiger partial charge in [0.05, 0.1) is 0 Å². The van der Waals surface area contributed by atoms with Gasteiger partial charge in [-0.25, -0.2) is 0 Å². The molecule has 2 nitrogen and oxygen atoms in total. The van der Waals surface area contributed by atoms with Crippen molar-refractivity contribution in [1.82, 2.24) is 9.47 Å². The number of aromatic nitrogens is 1. The van der Waals surface area contributed by atoms with Crippen LogP contribution < -0.4 is 0 Å². The fourth-order valence-corrected chi connectivity index (χ4v) is 3.78. The number of rotatable bonds is 3. The van der Waals surface area contributed by atoms with E-state index in [-0.39, 0.29) is 0 Å². The summed E-state index contributed by atoms with van der Waals surface area (Å²) in [5, 5.41) is 1.47. The van der Waals surface area contributed by atoms with Gasteiger partial charge in [0.2, 0.25) is 0 Å². The molecule has 2 heterocycles. The van der Waals surface area contributed by atoms with Crippen molar-refractivity contribution in [3.05, 3.63) is 35.5 Å². The molecular formula is C15H20N2S. The second kappa shape index (κ2) is 4.98. The number of likely N-dealkylation sites (N-methyl/N-ethyl adjacent to an activating group) is 1. The zero-order valence-electron chi connectivity index (χ0n) is 11.1. The predicted molar refractivity (Wildman–Crippen MR) is 80.4 cm³/mol. The molecule has 1 aromatic heterocycles. The van der Waals surface area contributed by atoms with Gasteiger partial charge in [0.15, 0.2) is 0 Å². The second-order valence-corrected chi connectivity index (χ2v) is 6.31. The summed E-state index contributed by atoms with van der Waals surface area (Å²) in [7, 11) is 4.29. The minimum Gasteiger partial charge on any atom is -0.343 e. The SMILES string of the molecule is CN(C)CCn1c2c(c3ccccc31)CSCC2. The molecule has 3 heteroatoms. The minimum atomic E-state index is 1.10. The Morgan fingerprint density at radius 1 is 1.28 bits per heavy atom. The average molecular weight is 260 g/mol. The Labute approximate surface area is 113 Å². The summed E-state index contributed by atoms with van der Waals surface area (Å²) in [6, 6.07) is 8.88. The monoisotopic (exact) mass is 260 g/mol. The van der Waals surface area contributed by atoms with Crippen molar-refractivity contribution >= 4 is 22.7 Å². The van der Waals surface area contributed by atoms with Crippen molar-refractivity contribution < 1.29 is 0 Å². The summed E-state index contributed by atoms with van der Waals surface area (Å²) in [6.07, 6.45) is 1.22. The standard InChI is InChI=1S/C15H20N2S/c1-16(2)8-9-17-14-6-4-3-5-12(14)13-11-18-10-7-15(13)17/h3-6H,7-11H2,1-2H3. The van der Waals surface area contributed by atoms with Crippen LogP contribution in [0.1, 0.15) is 11.3 Å². The van der Waals surface area contributed by atoms with Gasteiger partial charge in [0, 0.05) is 35.4 Å². The van der Waals surface area contributed by atoms with Crippen molar-refractivity contribution in [2.24, 2.45) is 0 Å². The van der Waals surface area contributed by atoms with Gasteiger partial charge in [-0.1, -0.05) is 18.2 Å². The molecule has 0 amide bonds. The number of para-hydroxylation sites is 1. The van der Waals surface area contributed by atoms with Crippen LogP contribution in [0.25, 0.3) is 10.9 Å². The Bertz CT molecular complexity index is 557. The molecule has 0 aliphatic carbocycles. The van der Waals surface area contributed by atoms with E-state index in [1.54, 1.807) is 11.3 Å². The third-order valence-electron chi connectivity index (χ3n) is 3.69. The lowest BCUT2D eigenvalue weighted by Gasteiger charge is -2.17. The maximum atomic E-state index is 2.55. The summed E-state index contributed by atoms with van der Waals surface area (Å²) in [5.74, 6) is 2.45. The molecule has 0 atom stereocenters. The molecule has 2 aromatic rings. The highest BCUT2D eigenvalue weighted by molar-refractivity contribution is 7.98. The zero-order chi connectivity index (χ0) is 12.5. The van der Waals surface area contributed by atoms with Crippen LogP contribution in [0.2, 0.25) is 0 Å². The summed E-state index contributed by atoms with van der Waals surface area (Å²) in [5.41, 5.74) is 4.59. The fraction of sp³-hybridized carbons (Fsp3) is 0.467. The second-order valence-electron chi connectivity index (χ2n) is 5.20. The molecule has 1 aromatic carbocycles. The molecule has 0 N–H and O–H groups in total. The van der Waals surface area contributed by atoms with Gasteiger partial charge in [-0.2, -0.15) is 11.8 Å². The average Bonchev–Trinajstić information content (AvgIpc) is 2.71. The smallest absolute Gasteiger partial charge is 0.0486 e. The number of nitrogens with zero attached hydrogens (tertiary/aromatic N) is 2. The maximum absolute atomic E-state index is 2.55. The van der Waals surface area contributed by atoms with Crippen LogP contribution in [0.5, 0.6) is 0 Å². The first-order valence-electron chi connectivity index (χ1n) is 6.59. The molecule has 0 unspecified atom stereocenters. The van der Waals surface area contributed by atoms with E-state index in [4.69, 9.17) is 0 Å². The fourth-order valence-electron chi connectivity index (χ4n) is 2.77. The van der Waals surface area contributed by atoms with E-state index in [1.165, 1.54) is 28.8 Å². The van der Waals surface area contributed by atoms with E-state index in [0.717, 1.165) is 13.1 Å². The van der Waals surface area contributed by atoms with Gasteiger partial charge in [-0.3, -0.25) is 0 Å². The highest BCUT2D eigenvalue weighted by Gasteiger charge is 2.19. The topological polar surface area (TPSA) is 8.17 Å². The highest BCUT2D eigenvalue weighted by atomic mass is 32.2. The van der Waals surface area contributed by atoms with Crippen molar-refractivity contribution in [2.45, 2.75) is 18.7 Å². The van der Waals surface area contributed by atoms with Crippen molar-refractivity contribution in [2.75, 3.05) is 26.4 Å². The Morgan fingerprint density at radius 3 is 2.94 bits per heavy atom. The van der Waals surface area contributed by atoms with E-state index < -0.39 is 0 Å². The van der Waals surface area contributed by atoms with E-state index in [0.29, 0.717) is 0 Å². The van der Waals surface area contributed by atoms with E-state index in [1.807, 2.05) is 0 Å². The maximum Gasteiger partial charge on any atom is 0.0486 e. The summed E-state index contributed by atoms with van der Waals surface area (Å²) in [6.45, 7) is 2.21. The normalized spacial score (nSPS) is 15.3. The molecule has 96 valence electrons. The Morgan fingerprint density at radius 2 is 2.11 bits per heavy atom. The molecule has 0 saturated carbocycles. The van der Waals surface area contributed by atoms with Crippen LogP contribution in [-0.4, -0.2) is 35.9 Å². The third kappa shape index (κ3) is 2.06. The number of hydrogen-bond acceptors (Lipinski definition) is 2. The van der Waals surface area contributed by atoms with Crippen LogP contribution >= 0.6 is 11.8 Å². The van der Waals surface area contributed by atoms with Gasteiger partial charge >= 0.3 is 0 Å². The molecule has 0 fully saturated rings. The lowest BCUT2D eigenvalue weighted by Crippen LogP contribution is -2.20. The summed E-state index contributed by atoms with van der Waals surface area (Å²) >= 11 is 2.07. The van der Waals surface area contributed by atoms with Crippen LogP contribution in [0.3, 0.4) is 0 Å². The lowest BCUT2D eigenvalue weighted by molar-refractivity contribution is 0.384. The number of hydrogen-bond donors (Lipinski definition) is 0. The van der Waals surface area contributed by atoms with Gasteiger partial charge in [0.1, 0.15) is 0 Å².